The molecule has 1 aromatic rings. The van der Waals surface area contributed by atoms with Crippen LogP contribution in [0.15, 0.2) is 18.2 Å². The summed E-state index contributed by atoms with van der Waals surface area (Å²) in [7, 11) is 1.67. The monoisotopic (exact) mass is 235 g/mol. The molecule has 92 valence electrons. The van der Waals surface area contributed by atoms with Crippen molar-refractivity contribution in [3.63, 3.8) is 0 Å². The molecule has 17 heavy (non-hydrogen) atoms. The van der Waals surface area contributed by atoms with E-state index in [4.69, 9.17) is 5.11 Å². The Kier molecular flexibility index (Phi) is 3.89. The molecule has 0 radical (unpaired) electrons. The van der Waals surface area contributed by atoms with Crippen molar-refractivity contribution in [2.24, 2.45) is 0 Å². The number of nitrogens with zero attached hydrogens (tertiary/aromatic N) is 1. The van der Waals surface area contributed by atoms with Crippen molar-refractivity contribution in [3.05, 3.63) is 34.9 Å². The van der Waals surface area contributed by atoms with Gasteiger partial charge in [0.2, 0.25) is 0 Å². The molecule has 1 N–H and O–H groups in total. The van der Waals surface area contributed by atoms with E-state index in [0.717, 1.165) is 5.56 Å². The highest BCUT2D eigenvalue weighted by Gasteiger charge is 2.20. The van der Waals surface area contributed by atoms with Gasteiger partial charge in [-0.3, -0.25) is 4.79 Å². The molecular weight excluding hydrogens is 218 g/mol. The normalized spacial score (nSPS) is 10.4. The van der Waals surface area contributed by atoms with Crippen LogP contribution in [0.5, 0.6) is 0 Å². The first-order chi connectivity index (χ1) is 7.84. The molecule has 0 aliphatic heterocycles. The number of carbonyl (C=O) groups is 2. The number of aryl methyl sites for hydroxylation is 1. The van der Waals surface area contributed by atoms with Gasteiger partial charge in [0.05, 0.1) is 11.1 Å². The van der Waals surface area contributed by atoms with Gasteiger partial charge in [0.1, 0.15) is 0 Å². The third-order valence-electron chi connectivity index (χ3n) is 2.73. The molecule has 1 rings (SSSR count). The van der Waals surface area contributed by atoms with Crippen molar-refractivity contribution in [2.45, 2.75) is 26.8 Å². The fraction of sp³-hybridized carbons (Fsp3) is 0.385. The number of carboxylic acids is 1. The Morgan fingerprint density at radius 2 is 1.82 bits per heavy atom. The Bertz CT molecular complexity index is 452. The third kappa shape index (κ3) is 2.84. The molecular formula is C13H17NO3. The quantitative estimate of drug-likeness (QED) is 0.873. The summed E-state index contributed by atoms with van der Waals surface area (Å²) in [6, 6.07) is 4.86. The molecule has 1 aromatic carbocycles. The van der Waals surface area contributed by atoms with Gasteiger partial charge >= 0.3 is 5.97 Å². The molecule has 0 saturated heterocycles. The maximum absolute atomic E-state index is 12.1. The fourth-order valence-electron chi connectivity index (χ4n) is 1.45. The van der Waals surface area contributed by atoms with Gasteiger partial charge in [0.15, 0.2) is 0 Å². The van der Waals surface area contributed by atoms with Crippen LogP contribution in [0.1, 0.15) is 40.1 Å². The summed E-state index contributed by atoms with van der Waals surface area (Å²) in [5, 5.41) is 9.09. The fourth-order valence-corrected chi connectivity index (χ4v) is 1.45. The number of carboxylic acid groups (broad SMARTS) is 1. The highest BCUT2D eigenvalue weighted by molar-refractivity contribution is 6.04. The molecule has 1 amide bonds. The summed E-state index contributed by atoms with van der Waals surface area (Å²) in [6.45, 7) is 5.56. The second kappa shape index (κ2) is 4.99. The van der Waals surface area contributed by atoms with Crippen molar-refractivity contribution < 1.29 is 14.7 Å². The van der Waals surface area contributed by atoms with Gasteiger partial charge in [-0.25, -0.2) is 4.79 Å². The number of amides is 1. The van der Waals surface area contributed by atoms with Gasteiger partial charge in [0, 0.05) is 13.1 Å². The van der Waals surface area contributed by atoms with Gasteiger partial charge in [-0.1, -0.05) is 11.6 Å². The SMILES string of the molecule is Cc1ccc(C(=O)N(C)C(C)C)c(C(=O)O)c1. The maximum Gasteiger partial charge on any atom is 0.336 e. The van der Waals surface area contributed by atoms with Crippen molar-refractivity contribution in [1.82, 2.24) is 4.90 Å². The van der Waals surface area contributed by atoms with E-state index in [1.54, 1.807) is 26.1 Å². The van der Waals surface area contributed by atoms with Crippen molar-refractivity contribution in [2.75, 3.05) is 7.05 Å². The second-order valence-corrected chi connectivity index (χ2v) is 4.36. The van der Waals surface area contributed by atoms with Crippen LogP contribution >= 0.6 is 0 Å². The van der Waals surface area contributed by atoms with E-state index >= 15 is 0 Å². The van der Waals surface area contributed by atoms with Crippen LogP contribution in [0.2, 0.25) is 0 Å². The number of aromatic carboxylic acids is 1. The van der Waals surface area contributed by atoms with Gasteiger partial charge in [-0.15, -0.1) is 0 Å². The maximum atomic E-state index is 12.1. The first-order valence-electron chi connectivity index (χ1n) is 5.45. The Balaban J connectivity index is 3.22. The summed E-state index contributed by atoms with van der Waals surface area (Å²) >= 11 is 0. The Morgan fingerprint density at radius 3 is 2.29 bits per heavy atom. The Labute approximate surface area is 101 Å². The van der Waals surface area contributed by atoms with E-state index in [9.17, 15) is 9.59 Å². The minimum atomic E-state index is -1.07. The second-order valence-electron chi connectivity index (χ2n) is 4.36. The summed E-state index contributed by atoms with van der Waals surface area (Å²) in [5.74, 6) is -1.34. The first-order valence-corrected chi connectivity index (χ1v) is 5.45. The van der Waals surface area contributed by atoms with E-state index in [2.05, 4.69) is 0 Å². The van der Waals surface area contributed by atoms with Crippen LogP contribution in [-0.2, 0) is 0 Å². The highest BCUT2D eigenvalue weighted by atomic mass is 16.4. The van der Waals surface area contributed by atoms with E-state index in [1.165, 1.54) is 11.0 Å². The largest absolute Gasteiger partial charge is 0.478 e. The topological polar surface area (TPSA) is 57.6 Å². The molecule has 4 nitrogen and oxygen atoms in total. The van der Waals surface area contributed by atoms with Crippen LogP contribution in [0.4, 0.5) is 0 Å². The van der Waals surface area contributed by atoms with Crippen LogP contribution < -0.4 is 0 Å². The lowest BCUT2D eigenvalue weighted by Crippen LogP contribution is -2.34. The number of carbonyl (C=O) groups excluding carboxylic acids is 1. The number of hydrogen-bond acceptors (Lipinski definition) is 2. The summed E-state index contributed by atoms with van der Waals surface area (Å²) in [4.78, 5) is 24.7. The van der Waals surface area contributed by atoms with E-state index in [0.29, 0.717) is 0 Å². The first kappa shape index (κ1) is 13.2. The molecule has 0 fully saturated rings. The molecule has 0 atom stereocenters. The minimum Gasteiger partial charge on any atom is -0.478 e. The molecule has 0 spiro atoms. The predicted molar refractivity (Wildman–Crippen MR) is 65.4 cm³/mol. The van der Waals surface area contributed by atoms with Crippen molar-refractivity contribution in [1.29, 1.82) is 0 Å². The molecule has 0 saturated carbocycles. The standard InChI is InChI=1S/C13H17NO3/c1-8(2)14(4)12(15)10-6-5-9(3)7-11(10)13(16)17/h5-8H,1-4H3,(H,16,17). The molecule has 0 aliphatic rings. The molecule has 0 bridgehead atoms. The Morgan fingerprint density at radius 1 is 1.24 bits per heavy atom. The Hall–Kier alpha value is -1.84. The van der Waals surface area contributed by atoms with Gasteiger partial charge in [-0.05, 0) is 32.9 Å². The number of benzene rings is 1. The summed E-state index contributed by atoms with van der Waals surface area (Å²) < 4.78 is 0. The van der Waals surface area contributed by atoms with E-state index < -0.39 is 5.97 Å². The smallest absolute Gasteiger partial charge is 0.336 e. The van der Waals surface area contributed by atoms with Gasteiger partial charge in [0.25, 0.3) is 5.91 Å². The van der Waals surface area contributed by atoms with Gasteiger partial charge < -0.3 is 10.0 Å². The zero-order valence-corrected chi connectivity index (χ0v) is 10.5. The average molecular weight is 235 g/mol. The lowest BCUT2D eigenvalue weighted by atomic mass is 10.0. The zero-order chi connectivity index (χ0) is 13.2. The predicted octanol–water partition coefficient (Wildman–Crippen LogP) is 2.17. The molecule has 0 aliphatic carbocycles. The lowest BCUT2D eigenvalue weighted by Gasteiger charge is -2.22. The van der Waals surface area contributed by atoms with Crippen LogP contribution in [0.25, 0.3) is 0 Å². The van der Waals surface area contributed by atoms with Crippen molar-refractivity contribution >= 4 is 11.9 Å². The average Bonchev–Trinajstić information content (AvgIpc) is 2.26. The minimum absolute atomic E-state index is 0.0328. The van der Waals surface area contributed by atoms with E-state index in [1.807, 2.05) is 13.8 Å². The van der Waals surface area contributed by atoms with Crippen molar-refractivity contribution in [3.8, 4) is 0 Å². The molecule has 0 aromatic heterocycles. The molecule has 4 heteroatoms. The van der Waals surface area contributed by atoms with E-state index in [-0.39, 0.29) is 23.1 Å². The highest BCUT2D eigenvalue weighted by Crippen LogP contribution is 2.15. The molecule has 0 unspecified atom stereocenters. The third-order valence-corrected chi connectivity index (χ3v) is 2.73. The zero-order valence-electron chi connectivity index (χ0n) is 10.5. The van der Waals surface area contributed by atoms with Gasteiger partial charge in [-0.2, -0.15) is 0 Å². The summed E-state index contributed by atoms with van der Waals surface area (Å²) in [6.07, 6.45) is 0. The number of hydrogen-bond donors (Lipinski definition) is 1. The van der Waals surface area contributed by atoms with Crippen LogP contribution in [-0.4, -0.2) is 35.0 Å². The molecule has 0 heterocycles. The number of rotatable bonds is 3. The summed E-state index contributed by atoms with van der Waals surface area (Å²) in [5.41, 5.74) is 1.12. The van der Waals surface area contributed by atoms with Crippen LogP contribution in [0.3, 0.4) is 0 Å². The van der Waals surface area contributed by atoms with Crippen LogP contribution in [0, 0.1) is 6.92 Å². The lowest BCUT2D eigenvalue weighted by molar-refractivity contribution is 0.0674.